The molecule has 0 aliphatic carbocycles. The van der Waals surface area contributed by atoms with Gasteiger partial charge in [0, 0.05) is 11.6 Å². The van der Waals surface area contributed by atoms with Crippen molar-refractivity contribution in [3.05, 3.63) is 38.7 Å². The SMILES string of the molecule is CNCCC(O)C(O)c1cc(F)c([N+](=O)[O-])cc1Cl. The second-order valence-electron chi connectivity index (χ2n) is 3.99. The summed E-state index contributed by atoms with van der Waals surface area (Å²) in [6.07, 6.45) is -2.32. The summed E-state index contributed by atoms with van der Waals surface area (Å²) < 4.78 is 13.5. The molecule has 19 heavy (non-hydrogen) atoms. The van der Waals surface area contributed by atoms with Gasteiger partial charge in [-0.15, -0.1) is 0 Å². The van der Waals surface area contributed by atoms with Crippen LogP contribution in [0, 0.1) is 15.9 Å². The quantitative estimate of drug-likeness (QED) is 0.544. The van der Waals surface area contributed by atoms with Crippen molar-refractivity contribution in [1.29, 1.82) is 0 Å². The van der Waals surface area contributed by atoms with Gasteiger partial charge < -0.3 is 15.5 Å². The van der Waals surface area contributed by atoms with Gasteiger partial charge >= 0.3 is 5.69 Å². The molecule has 0 saturated carbocycles. The minimum atomic E-state index is -1.41. The fourth-order valence-electron chi connectivity index (χ4n) is 1.58. The minimum Gasteiger partial charge on any atom is -0.390 e. The zero-order valence-electron chi connectivity index (χ0n) is 10.1. The Kier molecular flexibility index (Phi) is 5.61. The number of aliphatic hydroxyl groups excluding tert-OH is 2. The van der Waals surface area contributed by atoms with Crippen LogP contribution in [0.2, 0.25) is 5.02 Å². The third-order valence-corrected chi connectivity index (χ3v) is 2.96. The molecule has 0 amide bonds. The van der Waals surface area contributed by atoms with Crippen molar-refractivity contribution in [3.63, 3.8) is 0 Å². The molecule has 0 heterocycles. The van der Waals surface area contributed by atoms with E-state index in [-0.39, 0.29) is 17.0 Å². The number of nitrogens with one attached hydrogen (secondary N) is 1. The Hall–Kier alpha value is -1.28. The minimum absolute atomic E-state index is 0.0756. The third kappa shape index (κ3) is 3.84. The van der Waals surface area contributed by atoms with Gasteiger partial charge in [0.15, 0.2) is 0 Å². The molecule has 2 unspecified atom stereocenters. The summed E-state index contributed by atoms with van der Waals surface area (Å²) in [7, 11) is 1.68. The van der Waals surface area contributed by atoms with Gasteiger partial charge in [-0.3, -0.25) is 10.1 Å². The summed E-state index contributed by atoms with van der Waals surface area (Å²) in [5, 5.41) is 32.7. The Labute approximate surface area is 114 Å². The number of aliphatic hydroxyl groups is 2. The van der Waals surface area contributed by atoms with Crippen molar-refractivity contribution < 1.29 is 19.5 Å². The van der Waals surface area contributed by atoms with E-state index in [4.69, 9.17) is 11.6 Å². The van der Waals surface area contributed by atoms with Crippen LogP contribution in [0.15, 0.2) is 12.1 Å². The van der Waals surface area contributed by atoms with Gasteiger partial charge in [-0.25, -0.2) is 0 Å². The number of nitro groups is 1. The molecule has 0 aromatic heterocycles. The van der Waals surface area contributed by atoms with Crippen LogP contribution in [-0.4, -0.2) is 34.8 Å². The molecule has 0 radical (unpaired) electrons. The number of halogens is 2. The Morgan fingerprint density at radius 1 is 1.53 bits per heavy atom. The van der Waals surface area contributed by atoms with E-state index in [2.05, 4.69) is 5.32 Å². The smallest absolute Gasteiger partial charge is 0.306 e. The van der Waals surface area contributed by atoms with Gasteiger partial charge in [-0.05, 0) is 26.1 Å². The molecule has 0 fully saturated rings. The highest BCUT2D eigenvalue weighted by Gasteiger charge is 2.25. The summed E-state index contributed by atoms with van der Waals surface area (Å²) in [6, 6.07) is 1.59. The number of rotatable bonds is 6. The van der Waals surface area contributed by atoms with Crippen molar-refractivity contribution >= 4 is 17.3 Å². The lowest BCUT2D eigenvalue weighted by Crippen LogP contribution is -2.23. The third-order valence-electron chi connectivity index (χ3n) is 2.64. The molecule has 3 N–H and O–H groups in total. The van der Waals surface area contributed by atoms with Crippen LogP contribution in [0.25, 0.3) is 0 Å². The lowest BCUT2D eigenvalue weighted by molar-refractivity contribution is -0.387. The maximum atomic E-state index is 13.5. The number of nitro benzene ring substituents is 1. The highest BCUT2D eigenvalue weighted by Crippen LogP contribution is 2.31. The van der Waals surface area contributed by atoms with E-state index in [1.54, 1.807) is 7.05 Å². The van der Waals surface area contributed by atoms with Crippen LogP contribution in [0.5, 0.6) is 0 Å². The van der Waals surface area contributed by atoms with Crippen LogP contribution < -0.4 is 5.32 Å². The first-order chi connectivity index (χ1) is 8.88. The molecule has 2 atom stereocenters. The fraction of sp³-hybridized carbons (Fsp3) is 0.455. The first-order valence-electron chi connectivity index (χ1n) is 5.52. The van der Waals surface area contributed by atoms with E-state index in [9.17, 15) is 24.7 Å². The summed E-state index contributed by atoms with van der Waals surface area (Å²) in [5.41, 5.74) is -0.848. The molecule has 106 valence electrons. The number of hydrogen-bond acceptors (Lipinski definition) is 5. The van der Waals surface area contributed by atoms with Crippen molar-refractivity contribution in [2.45, 2.75) is 18.6 Å². The Morgan fingerprint density at radius 3 is 2.68 bits per heavy atom. The number of hydrogen-bond donors (Lipinski definition) is 3. The van der Waals surface area contributed by atoms with E-state index in [1.807, 2.05) is 0 Å². The molecule has 0 bridgehead atoms. The second kappa shape index (κ2) is 6.76. The zero-order chi connectivity index (χ0) is 14.6. The normalized spacial score (nSPS) is 14.2. The van der Waals surface area contributed by atoms with Gasteiger partial charge in [0.05, 0.1) is 16.0 Å². The first-order valence-corrected chi connectivity index (χ1v) is 5.90. The van der Waals surface area contributed by atoms with Gasteiger partial charge in [-0.1, -0.05) is 11.6 Å². The van der Waals surface area contributed by atoms with Gasteiger partial charge in [-0.2, -0.15) is 4.39 Å². The molecule has 0 aliphatic rings. The molecule has 1 rings (SSSR count). The Bertz CT molecular complexity index is 472. The molecular weight excluding hydrogens is 279 g/mol. The molecular formula is C11H14ClFN2O4. The van der Waals surface area contributed by atoms with E-state index in [0.717, 1.165) is 12.1 Å². The molecule has 0 saturated heterocycles. The topological polar surface area (TPSA) is 95.6 Å². The van der Waals surface area contributed by atoms with Crippen molar-refractivity contribution in [2.24, 2.45) is 0 Å². The predicted octanol–water partition coefficient (Wildman–Crippen LogP) is 1.39. The van der Waals surface area contributed by atoms with Crippen LogP contribution in [-0.2, 0) is 0 Å². The lowest BCUT2D eigenvalue weighted by atomic mass is 10.0. The highest BCUT2D eigenvalue weighted by atomic mass is 35.5. The molecule has 1 aromatic rings. The van der Waals surface area contributed by atoms with E-state index >= 15 is 0 Å². The summed E-state index contributed by atoms with van der Waals surface area (Å²) in [6.45, 7) is 0.450. The van der Waals surface area contributed by atoms with Crippen LogP contribution in [0.1, 0.15) is 18.1 Å². The first kappa shape index (κ1) is 15.8. The van der Waals surface area contributed by atoms with Gasteiger partial charge in [0.1, 0.15) is 6.10 Å². The van der Waals surface area contributed by atoms with Crippen molar-refractivity contribution in [1.82, 2.24) is 5.32 Å². The monoisotopic (exact) mass is 292 g/mol. The van der Waals surface area contributed by atoms with E-state index in [1.165, 1.54) is 0 Å². The molecule has 8 heteroatoms. The average Bonchev–Trinajstić information content (AvgIpc) is 2.36. The number of benzene rings is 1. The van der Waals surface area contributed by atoms with Gasteiger partial charge in [0.2, 0.25) is 5.82 Å². The Balaban J connectivity index is 3.01. The highest BCUT2D eigenvalue weighted by molar-refractivity contribution is 6.31. The molecule has 0 aliphatic heterocycles. The lowest BCUT2D eigenvalue weighted by Gasteiger charge is -2.19. The van der Waals surface area contributed by atoms with Crippen LogP contribution in [0.3, 0.4) is 0 Å². The maximum absolute atomic E-state index is 13.5. The molecule has 6 nitrogen and oxygen atoms in total. The van der Waals surface area contributed by atoms with E-state index < -0.39 is 28.6 Å². The van der Waals surface area contributed by atoms with Crippen molar-refractivity contribution in [2.75, 3.05) is 13.6 Å². The zero-order valence-corrected chi connectivity index (χ0v) is 10.9. The second-order valence-corrected chi connectivity index (χ2v) is 4.39. The van der Waals surface area contributed by atoms with Crippen LogP contribution >= 0.6 is 11.6 Å². The fourth-order valence-corrected chi connectivity index (χ4v) is 1.85. The van der Waals surface area contributed by atoms with Crippen LogP contribution in [0.4, 0.5) is 10.1 Å². The summed E-state index contributed by atoms with van der Waals surface area (Å²) in [5.74, 6) is -1.11. The molecule has 0 spiro atoms. The largest absolute Gasteiger partial charge is 0.390 e. The summed E-state index contributed by atoms with van der Waals surface area (Å²) in [4.78, 5) is 9.61. The summed E-state index contributed by atoms with van der Waals surface area (Å²) >= 11 is 5.76. The Morgan fingerprint density at radius 2 is 2.16 bits per heavy atom. The number of nitrogens with zero attached hydrogens (tertiary/aromatic N) is 1. The predicted molar refractivity (Wildman–Crippen MR) is 67.6 cm³/mol. The maximum Gasteiger partial charge on any atom is 0.306 e. The van der Waals surface area contributed by atoms with E-state index in [0.29, 0.717) is 6.54 Å². The van der Waals surface area contributed by atoms with Gasteiger partial charge in [0.25, 0.3) is 0 Å². The van der Waals surface area contributed by atoms with Crippen molar-refractivity contribution in [3.8, 4) is 0 Å². The molecule has 1 aromatic carbocycles. The standard InChI is InChI=1S/C11H14ClFN2O4/c1-14-3-2-10(16)11(17)6-4-8(13)9(15(18)19)5-7(6)12/h4-5,10-11,14,16-17H,2-3H2,1H3. The average molecular weight is 293 g/mol.